The lowest BCUT2D eigenvalue weighted by Crippen LogP contribution is -2.22. The Morgan fingerprint density at radius 1 is 1.14 bits per heavy atom. The van der Waals surface area contributed by atoms with Crippen LogP contribution in [0.1, 0.15) is 36.5 Å². The lowest BCUT2D eigenvalue weighted by molar-refractivity contribution is 0.199. The molecule has 0 radical (unpaired) electrons. The summed E-state index contributed by atoms with van der Waals surface area (Å²) in [7, 11) is 0. The molecule has 1 fully saturated rings. The van der Waals surface area contributed by atoms with E-state index in [0.717, 1.165) is 19.5 Å². The third-order valence-corrected chi connectivity index (χ3v) is 4.24. The molecule has 2 aromatic rings. The molecule has 1 saturated heterocycles. The van der Waals surface area contributed by atoms with Crippen molar-refractivity contribution in [2.75, 3.05) is 18.0 Å². The lowest BCUT2D eigenvalue weighted by atomic mass is 9.99. The normalized spacial score (nSPS) is 19.8. The number of rotatable bonds is 3. The van der Waals surface area contributed by atoms with Crippen molar-refractivity contribution in [3.05, 3.63) is 65.5 Å². The second-order valence-electron chi connectivity index (χ2n) is 5.70. The molecular weight excluding hydrogens is 265 g/mol. The summed E-state index contributed by atoms with van der Waals surface area (Å²) < 4.78 is 14.2. The predicted octanol–water partition coefficient (Wildman–Crippen LogP) is 3.87. The number of halogens is 1. The molecule has 1 N–H and O–H groups in total. The van der Waals surface area contributed by atoms with Crippen molar-refractivity contribution in [3.8, 4) is 0 Å². The molecule has 0 saturated carbocycles. The van der Waals surface area contributed by atoms with Crippen molar-refractivity contribution < 1.29 is 9.50 Å². The summed E-state index contributed by atoms with van der Waals surface area (Å²) in [6.45, 7) is 3.30. The molecule has 0 aliphatic carbocycles. The lowest BCUT2D eigenvalue weighted by Gasteiger charge is -2.24. The molecule has 1 heterocycles. The van der Waals surface area contributed by atoms with Gasteiger partial charge in [0.1, 0.15) is 5.82 Å². The number of nitrogens with zero attached hydrogens (tertiary/aromatic N) is 1. The minimum atomic E-state index is -0.661. The van der Waals surface area contributed by atoms with Crippen LogP contribution in [0, 0.1) is 5.82 Å². The molecule has 1 aliphatic rings. The zero-order valence-corrected chi connectivity index (χ0v) is 12.2. The predicted molar refractivity (Wildman–Crippen MR) is 83.0 cm³/mol. The number of hydrogen-bond donors (Lipinski definition) is 1. The van der Waals surface area contributed by atoms with Crippen LogP contribution in [-0.2, 0) is 0 Å². The van der Waals surface area contributed by atoms with Crippen LogP contribution in [0.5, 0.6) is 0 Å². The van der Waals surface area contributed by atoms with Gasteiger partial charge in [0.15, 0.2) is 0 Å². The van der Waals surface area contributed by atoms with Crippen LogP contribution in [0.15, 0.2) is 48.5 Å². The van der Waals surface area contributed by atoms with Gasteiger partial charge in [-0.05, 0) is 25.0 Å². The average molecular weight is 285 g/mol. The minimum Gasteiger partial charge on any atom is -0.389 e. The van der Waals surface area contributed by atoms with E-state index < -0.39 is 6.10 Å². The standard InChI is InChI=1S/C18H20FNO/c1-13(21)16-8-5-9-17(19)18(16)20-11-10-15(12-20)14-6-3-2-4-7-14/h2-9,13,15,21H,10-12H2,1H3/t13-,15?/m1/s1. The maximum Gasteiger partial charge on any atom is 0.146 e. The number of aliphatic hydroxyl groups is 1. The second-order valence-corrected chi connectivity index (χ2v) is 5.70. The first-order valence-corrected chi connectivity index (χ1v) is 7.43. The Bertz CT molecular complexity index is 612. The Hall–Kier alpha value is -1.87. The fraction of sp³-hybridized carbons (Fsp3) is 0.333. The maximum absolute atomic E-state index is 14.2. The minimum absolute atomic E-state index is 0.248. The van der Waals surface area contributed by atoms with Crippen LogP contribution in [-0.4, -0.2) is 18.2 Å². The first-order chi connectivity index (χ1) is 10.2. The first kappa shape index (κ1) is 14.1. The van der Waals surface area contributed by atoms with E-state index >= 15 is 0 Å². The van der Waals surface area contributed by atoms with Gasteiger partial charge in [-0.1, -0.05) is 42.5 Å². The largest absolute Gasteiger partial charge is 0.389 e. The summed E-state index contributed by atoms with van der Waals surface area (Å²) in [5.41, 5.74) is 2.53. The highest BCUT2D eigenvalue weighted by Crippen LogP contribution is 2.36. The molecule has 2 atom stereocenters. The van der Waals surface area contributed by atoms with Crippen LogP contribution in [0.3, 0.4) is 0 Å². The Morgan fingerprint density at radius 3 is 2.62 bits per heavy atom. The quantitative estimate of drug-likeness (QED) is 0.925. The summed E-state index contributed by atoms with van der Waals surface area (Å²) in [5, 5.41) is 9.88. The summed E-state index contributed by atoms with van der Waals surface area (Å²) in [6.07, 6.45) is 0.351. The van der Waals surface area contributed by atoms with Crippen LogP contribution in [0.4, 0.5) is 10.1 Å². The topological polar surface area (TPSA) is 23.5 Å². The Morgan fingerprint density at radius 2 is 1.90 bits per heavy atom. The van der Waals surface area contributed by atoms with Crippen molar-refractivity contribution in [3.63, 3.8) is 0 Å². The van der Waals surface area contributed by atoms with Gasteiger partial charge in [-0.25, -0.2) is 4.39 Å². The average Bonchev–Trinajstić information content (AvgIpc) is 2.97. The van der Waals surface area contributed by atoms with Gasteiger partial charge in [0.2, 0.25) is 0 Å². The first-order valence-electron chi connectivity index (χ1n) is 7.43. The molecule has 0 amide bonds. The van der Waals surface area contributed by atoms with Gasteiger partial charge in [0.05, 0.1) is 11.8 Å². The van der Waals surface area contributed by atoms with Gasteiger partial charge in [0, 0.05) is 24.6 Å². The maximum atomic E-state index is 14.2. The molecule has 2 nitrogen and oxygen atoms in total. The van der Waals surface area contributed by atoms with Crippen molar-refractivity contribution in [2.45, 2.75) is 25.4 Å². The zero-order chi connectivity index (χ0) is 14.8. The molecule has 0 spiro atoms. The van der Waals surface area contributed by atoms with E-state index in [-0.39, 0.29) is 5.82 Å². The van der Waals surface area contributed by atoms with E-state index in [1.54, 1.807) is 19.1 Å². The molecule has 3 rings (SSSR count). The Labute approximate surface area is 124 Å². The van der Waals surface area contributed by atoms with Gasteiger partial charge in [-0.3, -0.25) is 0 Å². The molecule has 3 heteroatoms. The third kappa shape index (κ3) is 2.79. The zero-order valence-electron chi connectivity index (χ0n) is 12.2. The monoisotopic (exact) mass is 285 g/mol. The molecule has 21 heavy (non-hydrogen) atoms. The highest BCUT2D eigenvalue weighted by atomic mass is 19.1. The number of hydrogen-bond acceptors (Lipinski definition) is 2. The summed E-state index contributed by atoms with van der Waals surface area (Å²) in [4.78, 5) is 2.06. The molecule has 1 unspecified atom stereocenters. The Kier molecular flexibility index (Phi) is 3.93. The van der Waals surface area contributed by atoms with Gasteiger partial charge in [-0.2, -0.15) is 0 Å². The van der Waals surface area contributed by atoms with Crippen LogP contribution in [0.2, 0.25) is 0 Å². The summed E-state index contributed by atoms with van der Waals surface area (Å²) in [6, 6.07) is 15.3. The number of benzene rings is 2. The van der Waals surface area contributed by atoms with Gasteiger partial charge in [0.25, 0.3) is 0 Å². The third-order valence-electron chi connectivity index (χ3n) is 4.24. The van der Waals surface area contributed by atoms with Gasteiger partial charge < -0.3 is 10.0 Å². The van der Waals surface area contributed by atoms with Gasteiger partial charge >= 0.3 is 0 Å². The molecule has 0 bridgehead atoms. The van der Waals surface area contributed by atoms with Crippen LogP contribution < -0.4 is 4.90 Å². The fourth-order valence-electron chi connectivity index (χ4n) is 3.16. The van der Waals surface area contributed by atoms with Crippen molar-refractivity contribution in [1.82, 2.24) is 0 Å². The molecule has 110 valence electrons. The second kappa shape index (κ2) is 5.86. The van der Waals surface area contributed by atoms with E-state index in [4.69, 9.17) is 0 Å². The number of aliphatic hydroxyl groups excluding tert-OH is 1. The molecule has 2 aromatic carbocycles. The Balaban J connectivity index is 1.87. The van der Waals surface area contributed by atoms with E-state index in [9.17, 15) is 9.50 Å². The fourth-order valence-corrected chi connectivity index (χ4v) is 3.16. The molecular formula is C18H20FNO. The smallest absolute Gasteiger partial charge is 0.146 e. The summed E-state index contributed by atoms with van der Waals surface area (Å²) in [5.74, 6) is 0.176. The van der Waals surface area contributed by atoms with Crippen molar-refractivity contribution in [2.24, 2.45) is 0 Å². The SMILES string of the molecule is C[C@@H](O)c1cccc(F)c1N1CCC(c2ccccc2)C1. The van der Waals surface area contributed by atoms with Crippen LogP contribution >= 0.6 is 0 Å². The van der Waals surface area contributed by atoms with Crippen LogP contribution in [0.25, 0.3) is 0 Å². The summed E-state index contributed by atoms with van der Waals surface area (Å²) >= 11 is 0. The number of para-hydroxylation sites is 1. The molecule has 0 aromatic heterocycles. The van der Waals surface area contributed by atoms with E-state index in [1.165, 1.54) is 11.6 Å². The van der Waals surface area contributed by atoms with Crippen molar-refractivity contribution in [1.29, 1.82) is 0 Å². The number of anilines is 1. The highest BCUT2D eigenvalue weighted by Gasteiger charge is 2.27. The van der Waals surface area contributed by atoms with E-state index in [1.807, 2.05) is 18.2 Å². The highest BCUT2D eigenvalue weighted by molar-refractivity contribution is 5.57. The van der Waals surface area contributed by atoms with E-state index in [2.05, 4.69) is 17.0 Å². The van der Waals surface area contributed by atoms with E-state index in [0.29, 0.717) is 17.2 Å². The molecule has 1 aliphatic heterocycles. The van der Waals surface area contributed by atoms with Crippen molar-refractivity contribution >= 4 is 5.69 Å². The van der Waals surface area contributed by atoms with Gasteiger partial charge in [-0.15, -0.1) is 0 Å².